The predicted molar refractivity (Wildman–Crippen MR) is 57.2 cm³/mol. The number of ether oxygens (including phenoxy) is 1. The van der Waals surface area contributed by atoms with E-state index in [1.54, 1.807) is 25.1 Å². The zero-order valence-corrected chi connectivity index (χ0v) is 8.70. The van der Waals surface area contributed by atoms with Gasteiger partial charge in [0.05, 0.1) is 24.3 Å². The highest BCUT2D eigenvalue weighted by Crippen LogP contribution is 2.22. The minimum atomic E-state index is -0.454. The highest BCUT2D eigenvalue weighted by molar-refractivity contribution is 5.96. The summed E-state index contributed by atoms with van der Waals surface area (Å²) in [6.07, 6.45) is 0. The van der Waals surface area contributed by atoms with Crippen molar-refractivity contribution >= 4 is 11.5 Å². The molecule has 0 spiro atoms. The molecule has 0 aliphatic carbocycles. The molecule has 1 rings (SSSR count). The summed E-state index contributed by atoms with van der Waals surface area (Å²) in [5.41, 5.74) is 2.05. The number of nitriles is 1. The molecule has 0 saturated carbocycles. The second kappa shape index (κ2) is 4.43. The maximum Gasteiger partial charge on any atom is 0.338 e. The van der Waals surface area contributed by atoms with Crippen LogP contribution in [0.5, 0.6) is 0 Å². The second-order valence-electron chi connectivity index (χ2n) is 3.11. The van der Waals surface area contributed by atoms with Crippen LogP contribution in [0.2, 0.25) is 0 Å². The third-order valence-electron chi connectivity index (χ3n) is 2.02. The number of hydrogen-bond donors (Lipinski definition) is 0. The van der Waals surface area contributed by atoms with Crippen molar-refractivity contribution in [3.05, 3.63) is 41.5 Å². The average Bonchev–Trinajstić information content (AvgIpc) is 2.26. The summed E-state index contributed by atoms with van der Waals surface area (Å²) < 4.78 is 4.64. The minimum Gasteiger partial charge on any atom is -0.465 e. The number of nitrogens with zero attached hydrogens (tertiary/aromatic N) is 1. The molecule has 0 amide bonds. The van der Waals surface area contributed by atoms with Crippen molar-refractivity contribution in [3.8, 4) is 6.07 Å². The topological polar surface area (TPSA) is 50.1 Å². The monoisotopic (exact) mass is 201 g/mol. The molecule has 76 valence electrons. The summed E-state index contributed by atoms with van der Waals surface area (Å²) in [4.78, 5) is 11.4. The molecule has 0 aromatic heterocycles. The zero-order chi connectivity index (χ0) is 11.4. The molecular formula is C12H11NO2. The number of rotatable bonds is 2. The van der Waals surface area contributed by atoms with Gasteiger partial charge in [-0.3, -0.25) is 0 Å². The first-order valence-corrected chi connectivity index (χ1v) is 4.39. The third kappa shape index (κ3) is 2.05. The number of benzene rings is 1. The van der Waals surface area contributed by atoms with Crippen molar-refractivity contribution in [1.29, 1.82) is 5.26 Å². The van der Waals surface area contributed by atoms with Crippen LogP contribution in [0.3, 0.4) is 0 Å². The Hall–Kier alpha value is -2.08. The van der Waals surface area contributed by atoms with Crippen molar-refractivity contribution in [2.75, 3.05) is 7.11 Å². The average molecular weight is 201 g/mol. The van der Waals surface area contributed by atoms with Crippen molar-refractivity contribution in [1.82, 2.24) is 0 Å². The summed E-state index contributed by atoms with van der Waals surface area (Å²) in [6.45, 7) is 5.51. The van der Waals surface area contributed by atoms with Crippen LogP contribution in [0.15, 0.2) is 24.8 Å². The van der Waals surface area contributed by atoms with Gasteiger partial charge in [0.1, 0.15) is 0 Å². The van der Waals surface area contributed by atoms with Gasteiger partial charge in [0, 0.05) is 5.56 Å². The molecular weight excluding hydrogens is 190 g/mol. The molecule has 0 atom stereocenters. The van der Waals surface area contributed by atoms with Gasteiger partial charge in [0.2, 0.25) is 0 Å². The Morgan fingerprint density at radius 3 is 2.67 bits per heavy atom. The van der Waals surface area contributed by atoms with Gasteiger partial charge in [-0.2, -0.15) is 5.26 Å². The van der Waals surface area contributed by atoms with E-state index in [0.717, 1.165) is 0 Å². The molecule has 15 heavy (non-hydrogen) atoms. The first-order valence-electron chi connectivity index (χ1n) is 4.39. The Balaban J connectivity index is 3.47. The number of esters is 1. The Morgan fingerprint density at radius 1 is 1.53 bits per heavy atom. The quantitative estimate of drug-likeness (QED) is 0.690. The summed E-state index contributed by atoms with van der Waals surface area (Å²) >= 11 is 0. The highest BCUT2D eigenvalue weighted by atomic mass is 16.5. The van der Waals surface area contributed by atoms with Crippen LogP contribution >= 0.6 is 0 Å². The minimum absolute atomic E-state index is 0.379. The molecule has 0 radical (unpaired) electrons. The van der Waals surface area contributed by atoms with Gasteiger partial charge < -0.3 is 4.74 Å². The van der Waals surface area contributed by atoms with Crippen LogP contribution in [0.4, 0.5) is 0 Å². The van der Waals surface area contributed by atoms with Crippen LogP contribution in [-0.2, 0) is 4.74 Å². The van der Waals surface area contributed by atoms with E-state index in [1.165, 1.54) is 7.11 Å². The molecule has 0 aliphatic heterocycles. The Kier molecular flexibility index (Phi) is 3.25. The molecule has 0 N–H and O–H groups in total. The fourth-order valence-corrected chi connectivity index (χ4v) is 1.39. The molecule has 0 saturated heterocycles. The lowest BCUT2D eigenvalue weighted by atomic mass is 9.96. The van der Waals surface area contributed by atoms with E-state index >= 15 is 0 Å². The number of methoxy groups -OCH3 is 1. The Bertz CT molecular complexity index is 455. The lowest BCUT2D eigenvalue weighted by Gasteiger charge is -2.08. The first-order chi connectivity index (χ1) is 7.11. The number of hydrogen-bond acceptors (Lipinski definition) is 3. The molecule has 0 heterocycles. The van der Waals surface area contributed by atoms with E-state index in [1.807, 2.05) is 6.07 Å². The molecule has 1 aromatic carbocycles. The van der Waals surface area contributed by atoms with E-state index in [0.29, 0.717) is 22.3 Å². The van der Waals surface area contributed by atoms with Gasteiger partial charge in [-0.1, -0.05) is 12.6 Å². The van der Waals surface area contributed by atoms with E-state index in [2.05, 4.69) is 11.3 Å². The maximum absolute atomic E-state index is 11.4. The Labute approximate surface area is 88.6 Å². The molecule has 0 aliphatic rings. The largest absolute Gasteiger partial charge is 0.465 e. The van der Waals surface area contributed by atoms with Crippen molar-refractivity contribution in [2.45, 2.75) is 6.92 Å². The number of carbonyl (C=O) groups excluding carboxylic acids is 1. The van der Waals surface area contributed by atoms with Crippen molar-refractivity contribution in [3.63, 3.8) is 0 Å². The fourth-order valence-electron chi connectivity index (χ4n) is 1.39. The molecule has 0 bridgehead atoms. The normalized spacial score (nSPS) is 9.13. The molecule has 0 fully saturated rings. The van der Waals surface area contributed by atoms with Crippen LogP contribution < -0.4 is 0 Å². The third-order valence-corrected chi connectivity index (χ3v) is 2.02. The SMILES string of the molecule is C=C(C)c1c(C#N)cccc1C(=O)OC. The number of carbonyl (C=O) groups is 1. The second-order valence-corrected chi connectivity index (χ2v) is 3.11. The van der Waals surface area contributed by atoms with E-state index in [-0.39, 0.29) is 0 Å². The number of allylic oxidation sites excluding steroid dienone is 1. The first kappa shape index (κ1) is 11.0. The van der Waals surface area contributed by atoms with E-state index < -0.39 is 5.97 Å². The molecule has 0 unspecified atom stereocenters. The van der Waals surface area contributed by atoms with E-state index in [4.69, 9.17) is 5.26 Å². The van der Waals surface area contributed by atoms with Gasteiger partial charge in [-0.25, -0.2) is 4.79 Å². The van der Waals surface area contributed by atoms with Gasteiger partial charge >= 0.3 is 5.97 Å². The van der Waals surface area contributed by atoms with Gasteiger partial charge in [0.25, 0.3) is 0 Å². The highest BCUT2D eigenvalue weighted by Gasteiger charge is 2.15. The maximum atomic E-state index is 11.4. The zero-order valence-electron chi connectivity index (χ0n) is 8.70. The van der Waals surface area contributed by atoms with Crippen molar-refractivity contribution in [2.24, 2.45) is 0 Å². The lowest BCUT2D eigenvalue weighted by molar-refractivity contribution is 0.0600. The van der Waals surface area contributed by atoms with Gasteiger partial charge in [-0.05, 0) is 24.6 Å². The summed E-state index contributed by atoms with van der Waals surface area (Å²) in [5, 5.41) is 8.90. The summed E-state index contributed by atoms with van der Waals surface area (Å²) in [5.74, 6) is -0.454. The summed E-state index contributed by atoms with van der Waals surface area (Å²) in [6, 6.07) is 6.95. The molecule has 1 aromatic rings. The molecule has 3 heteroatoms. The van der Waals surface area contributed by atoms with Gasteiger partial charge in [0.15, 0.2) is 0 Å². The van der Waals surface area contributed by atoms with Crippen LogP contribution in [-0.4, -0.2) is 13.1 Å². The fraction of sp³-hybridized carbons (Fsp3) is 0.167. The standard InChI is InChI=1S/C12H11NO2/c1-8(2)11-9(7-13)5-4-6-10(11)12(14)15-3/h4-6H,1H2,2-3H3. The van der Waals surface area contributed by atoms with Crippen molar-refractivity contribution < 1.29 is 9.53 Å². The Morgan fingerprint density at radius 2 is 2.20 bits per heavy atom. The van der Waals surface area contributed by atoms with Crippen LogP contribution in [0.25, 0.3) is 5.57 Å². The molecule has 3 nitrogen and oxygen atoms in total. The van der Waals surface area contributed by atoms with Crippen LogP contribution in [0.1, 0.15) is 28.4 Å². The summed E-state index contributed by atoms with van der Waals surface area (Å²) in [7, 11) is 1.31. The predicted octanol–water partition coefficient (Wildman–Crippen LogP) is 2.38. The van der Waals surface area contributed by atoms with Gasteiger partial charge in [-0.15, -0.1) is 0 Å². The lowest BCUT2D eigenvalue weighted by Crippen LogP contribution is -2.06. The smallest absolute Gasteiger partial charge is 0.338 e. The van der Waals surface area contributed by atoms with E-state index in [9.17, 15) is 4.79 Å². The van der Waals surface area contributed by atoms with Crippen LogP contribution in [0, 0.1) is 11.3 Å².